The lowest BCUT2D eigenvalue weighted by Crippen LogP contribution is -2.37. The largest absolute Gasteiger partial charge is 0.366 e. The lowest BCUT2D eigenvalue weighted by molar-refractivity contribution is -0.207. The molecule has 0 bridgehead atoms. The summed E-state index contributed by atoms with van der Waals surface area (Å²) in [7, 11) is -0.921. The summed E-state index contributed by atoms with van der Waals surface area (Å²) < 4.78 is 15.0. The van der Waals surface area contributed by atoms with Crippen molar-refractivity contribution in [1.29, 1.82) is 0 Å². The van der Waals surface area contributed by atoms with Crippen LogP contribution in [0.5, 0.6) is 0 Å². The molecule has 0 amide bonds. The fourth-order valence-electron chi connectivity index (χ4n) is 4.55. The number of ether oxygens (including phenoxy) is 2. The van der Waals surface area contributed by atoms with Gasteiger partial charge in [0.2, 0.25) is 0 Å². The summed E-state index contributed by atoms with van der Waals surface area (Å²) in [5, 5.41) is 23.5. The van der Waals surface area contributed by atoms with Crippen LogP contribution in [0.3, 0.4) is 0 Å². The van der Waals surface area contributed by atoms with E-state index in [1.54, 1.807) is 27.7 Å². The van der Waals surface area contributed by atoms with Gasteiger partial charge in [0.25, 0.3) is 0 Å². The second-order valence-corrected chi connectivity index (χ2v) is 17.2. The molecule has 4 nitrogen and oxygen atoms in total. The molecule has 0 fully saturated rings. The van der Waals surface area contributed by atoms with E-state index in [9.17, 15) is 10.2 Å². The molecule has 0 aliphatic rings. The Morgan fingerprint density at radius 3 is 2.09 bits per heavy atom. The molecule has 0 radical (unpaired) electrons. The van der Waals surface area contributed by atoms with Crippen molar-refractivity contribution < 1.29 is 19.7 Å². The van der Waals surface area contributed by atoms with Crippen LogP contribution in [0.2, 0.25) is 0 Å². The minimum absolute atomic E-state index is 0.0211. The molecule has 0 saturated heterocycles. The van der Waals surface area contributed by atoms with Crippen LogP contribution in [-0.4, -0.2) is 58.6 Å². The molecule has 1 aromatic carbocycles. The first-order valence-corrected chi connectivity index (χ1v) is 17.5. The van der Waals surface area contributed by atoms with E-state index in [2.05, 4.69) is 65.3 Å². The van der Waals surface area contributed by atoms with Crippen molar-refractivity contribution in [2.45, 2.75) is 116 Å². The van der Waals surface area contributed by atoms with Gasteiger partial charge in [0.1, 0.15) is 0 Å². The first-order valence-electron chi connectivity index (χ1n) is 13.0. The van der Waals surface area contributed by atoms with E-state index < -0.39 is 27.4 Å². The Hall–Kier alpha value is -0.120. The van der Waals surface area contributed by atoms with Gasteiger partial charge in [-0.25, -0.2) is 0 Å². The molecule has 200 valence electrons. The van der Waals surface area contributed by atoms with Crippen molar-refractivity contribution >= 4 is 47.2 Å². The summed E-state index contributed by atoms with van der Waals surface area (Å²) >= 11 is 1.96. The Kier molecular flexibility index (Phi) is 11.6. The molecule has 0 aliphatic heterocycles. The predicted octanol–water partition coefficient (Wildman–Crippen LogP) is 6.98. The molecule has 1 heterocycles. The van der Waals surface area contributed by atoms with Gasteiger partial charge < -0.3 is 19.7 Å². The minimum Gasteiger partial charge on any atom is -0.366 e. The van der Waals surface area contributed by atoms with Gasteiger partial charge in [-0.2, -0.15) is 0 Å². The second kappa shape index (κ2) is 13.1. The van der Waals surface area contributed by atoms with Gasteiger partial charge in [0, 0.05) is 25.7 Å². The Labute approximate surface area is 220 Å². The Balaban J connectivity index is 2.42. The van der Waals surface area contributed by atoms with Crippen molar-refractivity contribution in [3.8, 4) is 0 Å². The Morgan fingerprint density at radius 2 is 1.54 bits per heavy atom. The molecular weight excluding hydrogens is 494 g/mol. The number of fused-ring (bicyclic) bond motifs is 1. The monoisotopic (exact) mass is 542 g/mol. The second-order valence-electron chi connectivity index (χ2n) is 10.8. The van der Waals surface area contributed by atoms with Gasteiger partial charge >= 0.3 is 0 Å². The summed E-state index contributed by atoms with van der Waals surface area (Å²) in [4.78, 5) is 0. The molecule has 2 N–H and O–H groups in total. The van der Waals surface area contributed by atoms with Crippen molar-refractivity contribution in [3.05, 3.63) is 24.3 Å². The molecule has 1 aromatic heterocycles. The molecule has 5 unspecified atom stereocenters. The summed E-state index contributed by atoms with van der Waals surface area (Å²) in [6.45, 7) is 20.7. The third-order valence-corrected chi connectivity index (χ3v) is 14.1. The highest BCUT2D eigenvalue weighted by molar-refractivity contribution is 7.77. The zero-order valence-electron chi connectivity index (χ0n) is 23.5. The number of benzene rings is 1. The summed E-state index contributed by atoms with van der Waals surface area (Å²) in [5.74, 6) is -2.24. The zero-order chi connectivity index (χ0) is 26.6. The highest BCUT2D eigenvalue weighted by atomic mass is 32.1. The van der Waals surface area contributed by atoms with Crippen LogP contribution in [0.4, 0.5) is 0 Å². The Bertz CT molecular complexity index is 918. The first-order chi connectivity index (χ1) is 16.2. The van der Waals surface area contributed by atoms with Crippen LogP contribution in [-0.2, 0) is 9.47 Å². The molecule has 6 atom stereocenters. The first kappa shape index (κ1) is 31.1. The van der Waals surface area contributed by atoms with Crippen LogP contribution in [0.15, 0.2) is 24.3 Å². The molecule has 0 saturated carbocycles. The topological polar surface area (TPSA) is 58.9 Å². The summed E-state index contributed by atoms with van der Waals surface area (Å²) in [6.07, 6.45) is 3.87. The minimum atomic E-state index is -1.13. The van der Waals surface area contributed by atoms with Gasteiger partial charge in [-0.1, -0.05) is 68.2 Å². The fraction of sp³-hybridized carbons (Fsp3) is 0.714. The van der Waals surface area contributed by atoms with Crippen molar-refractivity contribution in [2.75, 3.05) is 13.3 Å². The summed E-state index contributed by atoms with van der Waals surface area (Å²) in [6, 6.07) is 8.81. The van der Waals surface area contributed by atoms with Crippen LogP contribution in [0.1, 0.15) is 81.1 Å². The highest BCUT2D eigenvalue weighted by Gasteiger charge is 2.33. The molecule has 2 rings (SSSR count). The van der Waals surface area contributed by atoms with Crippen molar-refractivity contribution in [1.82, 2.24) is 0 Å². The average Bonchev–Trinajstić information content (AvgIpc) is 3.14. The van der Waals surface area contributed by atoms with E-state index in [-0.39, 0.29) is 12.2 Å². The highest BCUT2D eigenvalue weighted by Crippen LogP contribution is 2.49. The molecule has 35 heavy (non-hydrogen) atoms. The molecule has 7 heteroatoms. The molecular formula is C28H48O4P2S. The Morgan fingerprint density at radius 1 is 0.943 bits per heavy atom. The lowest BCUT2D eigenvalue weighted by Gasteiger charge is -2.35. The zero-order valence-corrected chi connectivity index (χ0v) is 26.1. The number of hydrogen-bond donors (Lipinski definition) is 2. The van der Waals surface area contributed by atoms with E-state index in [1.807, 2.05) is 11.3 Å². The van der Waals surface area contributed by atoms with Gasteiger partial charge in [-0.05, 0) is 72.0 Å². The quantitative estimate of drug-likeness (QED) is 0.200. The maximum Gasteiger partial charge on any atom is 0.160 e. The van der Waals surface area contributed by atoms with Crippen molar-refractivity contribution in [3.63, 3.8) is 0 Å². The average molecular weight is 543 g/mol. The van der Waals surface area contributed by atoms with E-state index >= 15 is 0 Å². The summed E-state index contributed by atoms with van der Waals surface area (Å²) in [5.41, 5.74) is 0.802. The van der Waals surface area contributed by atoms with E-state index in [0.29, 0.717) is 11.3 Å². The van der Waals surface area contributed by atoms with E-state index in [1.165, 1.54) is 20.0 Å². The molecule has 0 aliphatic carbocycles. The fourth-order valence-corrected chi connectivity index (χ4v) is 11.8. The lowest BCUT2D eigenvalue weighted by atomic mass is 10.1. The number of thiophene rings is 1. The van der Waals surface area contributed by atoms with Gasteiger partial charge in [-0.15, -0.1) is 11.3 Å². The smallest absolute Gasteiger partial charge is 0.160 e. The van der Waals surface area contributed by atoms with Gasteiger partial charge in [0.15, 0.2) is 11.6 Å². The predicted molar refractivity (Wildman–Crippen MR) is 158 cm³/mol. The SMILES string of the molecule is CCCC(OC(C)(C)O)C(C)P(C)c1c(P(C)[C@@H](C)CC(CC)OC(C)(C)O)sc2ccccc12. The van der Waals surface area contributed by atoms with E-state index in [0.717, 1.165) is 25.7 Å². The van der Waals surface area contributed by atoms with Crippen molar-refractivity contribution in [2.24, 2.45) is 0 Å². The normalized spacial score (nSPS) is 18.3. The van der Waals surface area contributed by atoms with Crippen LogP contribution in [0.25, 0.3) is 10.1 Å². The number of rotatable bonds is 14. The molecule has 2 aromatic rings. The van der Waals surface area contributed by atoms with E-state index in [4.69, 9.17) is 9.47 Å². The third-order valence-electron chi connectivity index (χ3n) is 6.56. The molecule has 0 spiro atoms. The van der Waals surface area contributed by atoms with Crippen LogP contribution in [0, 0.1) is 0 Å². The standard InChI is InChI=1S/C28H48O4P2S/c1-11-15-23(32-28(7,8)30)20(4)34(10)25-22-16-13-14-17-24(22)35-26(25)33(9)19(3)18-21(12-2)31-27(5,6)29/h13-14,16-17,19-21,23,29-30H,11-12,15,18H2,1-10H3/t19-,20?,21?,23?,33?,34?/m0/s1. The van der Waals surface area contributed by atoms with Gasteiger partial charge in [0.05, 0.1) is 12.2 Å². The third kappa shape index (κ3) is 8.99. The number of aliphatic hydroxyl groups is 2. The van der Waals surface area contributed by atoms with Gasteiger partial charge in [-0.3, -0.25) is 0 Å². The number of hydrogen-bond acceptors (Lipinski definition) is 5. The maximum absolute atomic E-state index is 10.4. The van der Waals surface area contributed by atoms with Crippen LogP contribution < -0.4 is 9.92 Å². The maximum atomic E-state index is 10.4. The van der Waals surface area contributed by atoms with Crippen LogP contribution >= 0.6 is 27.2 Å².